The zero-order valence-electron chi connectivity index (χ0n) is 14.3. The molecule has 23 heavy (non-hydrogen) atoms. The van der Waals surface area contributed by atoms with Crippen molar-refractivity contribution in [1.29, 1.82) is 15.8 Å². The first-order valence-corrected chi connectivity index (χ1v) is 8.20. The monoisotopic (exact) mass is 308 g/mol. The second-order valence-corrected chi connectivity index (χ2v) is 7.75. The van der Waals surface area contributed by atoms with Crippen LogP contribution in [0.2, 0.25) is 0 Å². The van der Waals surface area contributed by atoms with Gasteiger partial charge in [0.05, 0.1) is 23.4 Å². The highest BCUT2D eigenvalue weighted by atomic mass is 14.7. The molecule has 2 aliphatic rings. The average molecular weight is 308 g/mol. The van der Waals surface area contributed by atoms with Crippen molar-refractivity contribution in [2.24, 2.45) is 34.3 Å². The van der Waals surface area contributed by atoms with Crippen molar-refractivity contribution in [3.05, 3.63) is 22.9 Å². The third-order valence-corrected chi connectivity index (χ3v) is 5.71. The van der Waals surface area contributed by atoms with Gasteiger partial charge in [-0.2, -0.15) is 15.8 Å². The van der Waals surface area contributed by atoms with Gasteiger partial charge in [-0.3, -0.25) is 0 Å². The van der Waals surface area contributed by atoms with Crippen LogP contribution in [0.5, 0.6) is 0 Å². The van der Waals surface area contributed by atoms with Gasteiger partial charge in [0, 0.05) is 5.92 Å². The summed E-state index contributed by atoms with van der Waals surface area (Å²) in [6.45, 7) is 8.66. The van der Waals surface area contributed by atoms with E-state index in [1.165, 1.54) is 0 Å². The molecule has 2 aliphatic carbocycles. The molecule has 0 radical (unpaired) electrons. The number of hydrogen-bond acceptors (Lipinski definition) is 4. The summed E-state index contributed by atoms with van der Waals surface area (Å²) in [5, 5.41) is 29.0. The number of nitrogens with two attached hydrogens (primary N) is 1. The number of allylic oxidation sites excluding steroid dienone is 4. The van der Waals surface area contributed by atoms with Gasteiger partial charge in [-0.1, -0.05) is 33.8 Å². The average Bonchev–Trinajstić information content (AvgIpc) is 2.52. The topological polar surface area (TPSA) is 97.4 Å². The van der Waals surface area contributed by atoms with E-state index >= 15 is 0 Å². The second-order valence-electron chi connectivity index (χ2n) is 7.75. The number of nitrogens with zero attached hydrogens (tertiary/aromatic N) is 3. The van der Waals surface area contributed by atoms with Crippen LogP contribution in [0.25, 0.3) is 0 Å². The van der Waals surface area contributed by atoms with Gasteiger partial charge in [0.25, 0.3) is 0 Å². The predicted molar refractivity (Wildman–Crippen MR) is 88.0 cm³/mol. The van der Waals surface area contributed by atoms with E-state index in [0.29, 0.717) is 17.9 Å². The van der Waals surface area contributed by atoms with Crippen LogP contribution < -0.4 is 5.73 Å². The Hall–Kier alpha value is -2.25. The Morgan fingerprint density at radius 1 is 1.26 bits per heavy atom. The highest BCUT2D eigenvalue weighted by Gasteiger charge is 2.53. The standard InChI is InChI=1S/C19H24N4/c1-5-16-14-8-12(18(2,3)4)6-7-13(14)15(9-20)17(23)19(16,10-21)11-22/h7,12,14,16H,5-6,8,23H2,1-4H3/t12-,14+,16+/m1/s1. The first-order valence-electron chi connectivity index (χ1n) is 8.20. The minimum absolute atomic E-state index is 0.0548. The molecule has 0 aromatic rings. The van der Waals surface area contributed by atoms with Crippen LogP contribution in [-0.2, 0) is 0 Å². The van der Waals surface area contributed by atoms with Crippen molar-refractivity contribution >= 4 is 0 Å². The molecule has 0 fully saturated rings. The summed E-state index contributed by atoms with van der Waals surface area (Å²) in [5.41, 5.74) is 6.38. The Kier molecular flexibility index (Phi) is 4.28. The molecule has 0 aromatic heterocycles. The molecule has 0 heterocycles. The summed E-state index contributed by atoms with van der Waals surface area (Å²) in [6, 6.07) is 6.45. The Morgan fingerprint density at radius 3 is 2.30 bits per heavy atom. The Balaban J connectivity index is 2.66. The zero-order chi connectivity index (χ0) is 17.4. The lowest BCUT2D eigenvalue weighted by Gasteiger charge is -2.46. The summed E-state index contributed by atoms with van der Waals surface area (Å²) in [7, 11) is 0. The molecule has 0 amide bonds. The van der Waals surface area contributed by atoms with Crippen LogP contribution in [0, 0.1) is 62.6 Å². The maximum atomic E-state index is 9.73. The fraction of sp³-hybridized carbons (Fsp3) is 0.632. The molecule has 4 heteroatoms. The quantitative estimate of drug-likeness (QED) is 0.796. The number of nitriles is 3. The van der Waals surface area contributed by atoms with Crippen molar-refractivity contribution < 1.29 is 0 Å². The molecule has 2 rings (SSSR count). The third-order valence-electron chi connectivity index (χ3n) is 5.71. The van der Waals surface area contributed by atoms with Crippen LogP contribution in [0.1, 0.15) is 47.0 Å². The summed E-state index contributed by atoms with van der Waals surface area (Å²) in [4.78, 5) is 0. The largest absolute Gasteiger partial charge is 0.399 e. The van der Waals surface area contributed by atoms with E-state index in [0.717, 1.165) is 18.4 Å². The summed E-state index contributed by atoms with van der Waals surface area (Å²) in [6.07, 6.45) is 4.63. The van der Waals surface area contributed by atoms with Gasteiger partial charge in [0.15, 0.2) is 5.41 Å². The molecule has 0 aromatic carbocycles. The molecular formula is C19H24N4. The third kappa shape index (κ3) is 2.42. The Labute approximate surface area is 138 Å². The summed E-state index contributed by atoms with van der Waals surface area (Å²) in [5.74, 6) is 0.366. The minimum atomic E-state index is -1.39. The van der Waals surface area contributed by atoms with E-state index in [1.807, 2.05) is 6.92 Å². The molecule has 3 atom stereocenters. The van der Waals surface area contributed by atoms with Crippen molar-refractivity contribution in [1.82, 2.24) is 0 Å². The molecule has 4 nitrogen and oxygen atoms in total. The minimum Gasteiger partial charge on any atom is -0.399 e. The first-order chi connectivity index (χ1) is 10.8. The molecule has 0 spiro atoms. The normalized spacial score (nSPS) is 29.6. The lowest BCUT2D eigenvalue weighted by molar-refractivity contribution is 0.141. The van der Waals surface area contributed by atoms with E-state index in [1.54, 1.807) is 0 Å². The van der Waals surface area contributed by atoms with Gasteiger partial charge in [-0.25, -0.2) is 0 Å². The van der Waals surface area contributed by atoms with Crippen molar-refractivity contribution in [3.8, 4) is 18.2 Å². The maximum absolute atomic E-state index is 9.73. The van der Waals surface area contributed by atoms with Gasteiger partial charge >= 0.3 is 0 Å². The van der Waals surface area contributed by atoms with Gasteiger partial charge in [-0.05, 0) is 42.1 Å². The van der Waals surface area contributed by atoms with Crippen molar-refractivity contribution in [2.45, 2.75) is 47.0 Å². The first kappa shape index (κ1) is 17.1. The predicted octanol–water partition coefficient (Wildman–Crippen LogP) is 3.79. The highest BCUT2D eigenvalue weighted by Crippen LogP contribution is 2.54. The molecule has 0 aliphatic heterocycles. The van der Waals surface area contributed by atoms with Gasteiger partial charge in [-0.15, -0.1) is 0 Å². The van der Waals surface area contributed by atoms with Gasteiger partial charge < -0.3 is 5.73 Å². The fourth-order valence-corrected chi connectivity index (χ4v) is 4.21. The zero-order valence-corrected chi connectivity index (χ0v) is 14.3. The van der Waals surface area contributed by atoms with Crippen molar-refractivity contribution in [2.75, 3.05) is 0 Å². The number of hydrogen-bond donors (Lipinski definition) is 1. The fourth-order valence-electron chi connectivity index (χ4n) is 4.21. The van der Waals surface area contributed by atoms with E-state index in [-0.39, 0.29) is 22.9 Å². The molecule has 120 valence electrons. The van der Waals surface area contributed by atoms with E-state index in [9.17, 15) is 15.8 Å². The molecule has 0 saturated heterocycles. The molecule has 0 bridgehead atoms. The number of fused-ring (bicyclic) bond motifs is 1. The SMILES string of the molecule is CC[C@H]1[C@H]2C[C@H](C(C)(C)C)CC=C2C(C#N)=C(N)C1(C#N)C#N. The van der Waals surface area contributed by atoms with Crippen LogP contribution in [0.4, 0.5) is 0 Å². The summed E-state index contributed by atoms with van der Waals surface area (Å²) < 4.78 is 0. The lowest BCUT2D eigenvalue weighted by atomic mass is 9.55. The molecule has 0 saturated carbocycles. The van der Waals surface area contributed by atoms with Gasteiger partial charge in [0.2, 0.25) is 0 Å². The lowest BCUT2D eigenvalue weighted by Crippen LogP contribution is -2.45. The van der Waals surface area contributed by atoms with Crippen molar-refractivity contribution in [3.63, 3.8) is 0 Å². The summed E-state index contributed by atoms with van der Waals surface area (Å²) >= 11 is 0. The highest BCUT2D eigenvalue weighted by molar-refractivity contribution is 5.56. The Bertz CT molecular complexity index is 671. The van der Waals surface area contributed by atoms with Crippen LogP contribution in [0.15, 0.2) is 22.9 Å². The Morgan fingerprint density at radius 2 is 1.87 bits per heavy atom. The smallest absolute Gasteiger partial charge is 0.187 e. The molecule has 0 unspecified atom stereocenters. The van der Waals surface area contributed by atoms with E-state index < -0.39 is 5.41 Å². The van der Waals surface area contributed by atoms with E-state index in [2.05, 4.69) is 45.1 Å². The van der Waals surface area contributed by atoms with Gasteiger partial charge in [0.1, 0.15) is 6.07 Å². The maximum Gasteiger partial charge on any atom is 0.187 e. The van der Waals surface area contributed by atoms with E-state index in [4.69, 9.17) is 5.73 Å². The molecular weight excluding hydrogens is 284 g/mol. The molecule has 2 N–H and O–H groups in total. The second kappa shape index (κ2) is 5.75. The number of rotatable bonds is 1. The van der Waals surface area contributed by atoms with Crippen LogP contribution >= 0.6 is 0 Å². The van der Waals surface area contributed by atoms with Crippen LogP contribution in [0.3, 0.4) is 0 Å². The van der Waals surface area contributed by atoms with Crippen LogP contribution in [-0.4, -0.2) is 0 Å².